The van der Waals surface area contributed by atoms with Crippen molar-refractivity contribution in [1.29, 1.82) is 0 Å². The largest absolute Gasteiger partial charge is 0.444 e. The number of likely N-dealkylation sites (tertiary alicyclic amines) is 1. The molecule has 5 N–H and O–H groups in total. The zero-order chi connectivity index (χ0) is 46.6. The van der Waals surface area contributed by atoms with Crippen LogP contribution in [-0.4, -0.2) is 124 Å². The van der Waals surface area contributed by atoms with Gasteiger partial charge < -0.3 is 41.1 Å². The summed E-state index contributed by atoms with van der Waals surface area (Å²) in [7, 11) is 3.05. The van der Waals surface area contributed by atoms with E-state index >= 15 is 0 Å². The number of ketones is 1. The molecular weight excluding hydrogens is 811 g/mol. The maximum Gasteiger partial charge on any atom is 0.410 e. The van der Waals surface area contributed by atoms with Crippen LogP contribution in [0.2, 0.25) is 0 Å². The van der Waals surface area contributed by atoms with Crippen molar-refractivity contribution in [2.45, 2.75) is 129 Å². The Morgan fingerprint density at radius 2 is 1.51 bits per heavy atom. The summed E-state index contributed by atoms with van der Waals surface area (Å²) in [5.41, 5.74) is -1.27. The Labute approximate surface area is 369 Å². The first kappa shape index (κ1) is 49.7. The van der Waals surface area contributed by atoms with Crippen LogP contribution < -0.4 is 26.6 Å². The van der Waals surface area contributed by atoms with Gasteiger partial charge in [0.05, 0.1) is 24.2 Å². The lowest BCUT2D eigenvalue weighted by atomic mass is 9.82. The van der Waals surface area contributed by atoms with Crippen LogP contribution in [0.3, 0.4) is 0 Å². The molecule has 7 amide bonds. The number of nitrogens with zero attached hydrogens (tertiary/aromatic N) is 4. The average Bonchev–Trinajstić information content (AvgIpc) is 3.66. The molecule has 0 radical (unpaired) electrons. The number of Topliss-reactive ketones (excluding diaryl/α,β-unsaturated/α-hetero) is 1. The standard InChI is InChI=1S/C45H65N9O9/c1-10-17-30(35(55)40(59)51-34(42(61)53(8)9)28-20-15-12-16-21-28)48-37(56)29-25-54(43(62)63-45(5,6)7)26-32(29)49-41(60)36(44(2,3)4)52-39(58)33(27-18-13-11-14-19-27)50-38(57)31-24-46-22-23-47-31/h12,15-16,20-24,27,29-30,32-34,36H,10-11,13-14,17-19,25-26H2,1-9H3,(H,48,56)(H,49,60)(H,50,57)(H,51,59)(H,52,58)/t29-,30+,32+,33+,34-,36-/m1/s1. The van der Waals surface area contributed by atoms with E-state index in [1.54, 1.807) is 78.8 Å². The molecule has 1 aliphatic carbocycles. The first-order chi connectivity index (χ1) is 29.6. The second-order valence-corrected chi connectivity index (χ2v) is 18.6. The van der Waals surface area contributed by atoms with Crippen LogP contribution in [0.1, 0.15) is 116 Å². The molecule has 2 aromatic rings. The summed E-state index contributed by atoms with van der Waals surface area (Å²) < 4.78 is 5.61. The number of ether oxygens (including phenoxy) is 1. The van der Waals surface area contributed by atoms with Crippen LogP contribution in [0.4, 0.5) is 4.79 Å². The van der Waals surface area contributed by atoms with Crippen molar-refractivity contribution in [2.75, 3.05) is 27.2 Å². The van der Waals surface area contributed by atoms with Crippen molar-refractivity contribution in [3.63, 3.8) is 0 Å². The van der Waals surface area contributed by atoms with Crippen molar-refractivity contribution < 1.29 is 43.1 Å². The van der Waals surface area contributed by atoms with Crippen molar-refractivity contribution >= 4 is 47.3 Å². The number of carbonyl (C=O) groups is 8. The smallest absolute Gasteiger partial charge is 0.410 e. The minimum Gasteiger partial charge on any atom is -0.444 e. The Kier molecular flexibility index (Phi) is 17.3. The minimum atomic E-state index is -1.31. The van der Waals surface area contributed by atoms with Gasteiger partial charge in [-0.2, -0.15) is 0 Å². The second kappa shape index (κ2) is 21.9. The Bertz CT molecular complexity index is 1940. The van der Waals surface area contributed by atoms with Crippen LogP contribution in [0, 0.1) is 17.3 Å². The summed E-state index contributed by atoms with van der Waals surface area (Å²) in [4.78, 5) is 121. The Morgan fingerprint density at radius 1 is 0.841 bits per heavy atom. The van der Waals surface area contributed by atoms with Crippen molar-refractivity contribution in [3.05, 3.63) is 60.2 Å². The number of aromatic nitrogens is 2. The molecule has 4 rings (SSSR count). The summed E-state index contributed by atoms with van der Waals surface area (Å²) in [6.45, 7) is 11.8. The second-order valence-electron chi connectivity index (χ2n) is 18.6. The summed E-state index contributed by atoms with van der Waals surface area (Å²) in [6.07, 6.45) is 7.97. The predicted molar refractivity (Wildman–Crippen MR) is 232 cm³/mol. The Balaban J connectivity index is 1.58. The van der Waals surface area contributed by atoms with Gasteiger partial charge in [-0.05, 0) is 56.9 Å². The lowest BCUT2D eigenvalue weighted by Gasteiger charge is -2.35. The van der Waals surface area contributed by atoms with Crippen molar-refractivity contribution in [1.82, 2.24) is 46.4 Å². The van der Waals surface area contributed by atoms with Crippen molar-refractivity contribution in [2.24, 2.45) is 17.3 Å². The summed E-state index contributed by atoms with van der Waals surface area (Å²) in [5, 5.41) is 13.9. The van der Waals surface area contributed by atoms with E-state index in [-0.39, 0.29) is 31.1 Å². The molecule has 0 bridgehead atoms. The zero-order valence-corrected chi connectivity index (χ0v) is 38.0. The summed E-state index contributed by atoms with van der Waals surface area (Å²) in [5.74, 6) is -6.35. The zero-order valence-electron chi connectivity index (χ0n) is 38.0. The molecule has 18 nitrogen and oxygen atoms in total. The van der Waals surface area contributed by atoms with Crippen LogP contribution in [0.5, 0.6) is 0 Å². The van der Waals surface area contributed by atoms with E-state index in [9.17, 15) is 38.4 Å². The molecular formula is C45H65N9O9. The van der Waals surface area contributed by atoms with Gasteiger partial charge in [-0.1, -0.05) is 83.7 Å². The number of benzene rings is 1. The lowest BCUT2D eigenvalue weighted by molar-refractivity contribution is -0.143. The molecule has 18 heteroatoms. The third kappa shape index (κ3) is 14.0. The predicted octanol–water partition coefficient (Wildman–Crippen LogP) is 2.84. The highest BCUT2D eigenvalue weighted by Crippen LogP contribution is 2.29. The Hall–Kier alpha value is -5.94. The van der Waals surface area contributed by atoms with E-state index in [0.717, 1.165) is 19.3 Å². The van der Waals surface area contributed by atoms with Gasteiger partial charge in [0.2, 0.25) is 29.4 Å². The lowest BCUT2D eigenvalue weighted by Crippen LogP contribution is -2.61. The monoisotopic (exact) mass is 875 g/mol. The van der Waals surface area contributed by atoms with Gasteiger partial charge in [0.25, 0.3) is 11.8 Å². The van der Waals surface area contributed by atoms with Gasteiger partial charge in [-0.15, -0.1) is 0 Å². The first-order valence-corrected chi connectivity index (χ1v) is 21.7. The summed E-state index contributed by atoms with van der Waals surface area (Å²) >= 11 is 0. The SMILES string of the molecule is CCC[C@H](NC(=O)[C@@H]1CN(C(=O)OC(C)(C)C)C[C@@H]1NC(=O)[C@@H](NC(=O)[C@@H](NC(=O)c1cnccn1)C1CCCCC1)C(C)(C)C)C(=O)C(=O)N[C@@H](C(=O)N(C)C)c1ccccc1. The highest BCUT2D eigenvalue weighted by Gasteiger charge is 2.46. The number of nitrogens with one attached hydrogen (secondary N) is 5. The molecule has 344 valence electrons. The number of likely N-dealkylation sites (N-methyl/N-ethyl adjacent to an activating group) is 1. The molecule has 63 heavy (non-hydrogen) atoms. The first-order valence-electron chi connectivity index (χ1n) is 21.7. The van der Waals surface area contributed by atoms with E-state index in [1.165, 1.54) is 42.5 Å². The third-order valence-corrected chi connectivity index (χ3v) is 11.1. The molecule has 2 heterocycles. The van der Waals surface area contributed by atoms with E-state index in [0.29, 0.717) is 24.8 Å². The molecule has 1 saturated carbocycles. The molecule has 1 aromatic carbocycles. The quantitative estimate of drug-likeness (QED) is 0.154. The van der Waals surface area contributed by atoms with Gasteiger partial charge in [-0.25, -0.2) is 9.78 Å². The van der Waals surface area contributed by atoms with E-state index in [2.05, 4.69) is 36.6 Å². The molecule has 1 aromatic heterocycles. The third-order valence-electron chi connectivity index (χ3n) is 11.1. The van der Waals surface area contributed by atoms with Crippen LogP contribution in [0.15, 0.2) is 48.9 Å². The number of hydrogen-bond donors (Lipinski definition) is 5. The summed E-state index contributed by atoms with van der Waals surface area (Å²) in [6, 6.07) is 2.78. The number of rotatable bonds is 16. The van der Waals surface area contributed by atoms with Gasteiger partial charge in [0.15, 0.2) is 0 Å². The van der Waals surface area contributed by atoms with E-state index < -0.39 is 94.5 Å². The topological polar surface area (TPSA) is 238 Å². The fourth-order valence-electron chi connectivity index (χ4n) is 7.75. The van der Waals surface area contributed by atoms with Gasteiger partial charge in [-0.3, -0.25) is 38.5 Å². The molecule has 1 saturated heterocycles. The minimum absolute atomic E-state index is 0.0376. The Morgan fingerprint density at radius 3 is 2.08 bits per heavy atom. The molecule has 2 aliphatic rings. The number of hydrogen-bond acceptors (Lipinski definition) is 11. The van der Waals surface area contributed by atoms with Gasteiger partial charge in [0.1, 0.15) is 29.4 Å². The van der Waals surface area contributed by atoms with Gasteiger partial charge >= 0.3 is 6.09 Å². The molecule has 6 atom stereocenters. The maximum absolute atomic E-state index is 14.4. The van der Waals surface area contributed by atoms with Crippen LogP contribution in [-0.2, 0) is 33.5 Å². The fourth-order valence-corrected chi connectivity index (χ4v) is 7.75. The van der Waals surface area contributed by atoms with Crippen molar-refractivity contribution in [3.8, 4) is 0 Å². The molecule has 2 fully saturated rings. The highest BCUT2D eigenvalue weighted by atomic mass is 16.6. The number of amides is 7. The molecule has 0 unspecified atom stereocenters. The average molecular weight is 876 g/mol. The van der Waals surface area contributed by atoms with E-state index in [1.807, 2.05) is 0 Å². The van der Waals surface area contributed by atoms with E-state index in [4.69, 9.17) is 4.74 Å². The van der Waals surface area contributed by atoms with Crippen LogP contribution >= 0.6 is 0 Å². The highest BCUT2D eigenvalue weighted by molar-refractivity contribution is 6.38. The number of carbonyl (C=O) groups excluding carboxylic acids is 8. The van der Waals surface area contributed by atoms with Crippen LogP contribution in [0.25, 0.3) is 0 Å². The van der Waals surface area contributed by atoms with Gasteiger partial charge in [0, 0.05) is 39.6 Å². The molecule has 0 spiro atoms. The fraction of sp³-hybridized carbons (Fsp3) is 0.600. The molecule has 1 aliphatic heterocycles. The maximum atomic E-state index is 14.4. The normalized spacial score (nSPS) is 18.7.